The van der Waals surface area contributed by atoms with Crippen LogP contribution in [0.15, 0.2) is 0 Å². The maximum absolute atomic E-state index is 13.4. The Morgan fingerprint density at radius 3 is 2.53 bits per heavy atom. The zero-order valence-electron chi connectivity index (χ0n) is 9.63. The monoisotopic (exact) mass is 212 g/mol. The van der Waals surface area contributed by atoms with Crippen LogP contribution in [0.2, 0.25) is 0 Å². The molecule has 1 aromatic rings. The lowest BCUT2D eigenvalue weighted by Gasteiger charge is -2.10. The highest BCUT2D eigenvalue weighted by Gasteiger charge is 2.09. The molecule has 1 N–H and O–H groups in total. The largest absolute Gasteiger partial charge is 0.371 e. The summed E-state index contributed by atoms with van der Waals surface area (Å²) in [5.41, 5.74) is 0.392. The zero-order chi connectivity index (χ0) is 11.4. The second-order valence-corrected chi connectivity index (χ2v) is 3.69. The van der Waals surface area contributed by atoms with E-state index in [0.717, 1.165) is 13.0 Å². The van der Waals surface area contributed by atoms with Gasteiger partial charge in [-0.15, -0.1) is 0 Å². The quantitative estimate of drug-likeness (QED) is 0.810. The summed E-state index contributed by atoms with van der Waals surface area (Å²) in [5.74, 6) is 0.578. The van der Waals surface area contributed by atoms with E-state index in [0.29, 0.717) is 11.5 Å². The van der Waals surface area contributed by atoms with E-state index in [1.54, 1.807) is 14.0 Å². The summed E-state index contributed by atoms with van der Waals surface area (Å²) >= 11 is 0. The summed E-state index contributed by atoms with van der Waals surface area (Å²) in [5, 5.41) is 2.72. The fourth-order valence-corrected chi connectivity index (χ4v) is 1.22. The van der Waals surface area contributed by atoms with Crippen molar-refractivity contribution in [2.75, 3.05) is 33.0 Å². The summed E-state index contributed by atoms with van der Waals surface area (Å²) in [6.07, 6.45) is 0.725. The van der Waals surface area contributed by atoms with Crippen LogP contribution < -0.4 is 5.32 Å². The molecule has 0 aliphatic carbocycles. The molecule has 5 heteroatoms. The summed E-state index contributed by atoms with van der Waals surface area (Å²) in [7, 11) is 5.62. The van der Waals surface area contributed by atoms with E-state index in [1.807, 2.05) is 19.0 Å². The molecule has 1 aromatic heterocycles. The summed E-state index contributed by atoms with van der Waals surface area (Å²) in [4.78, 5) is 10.2. The standard InChI is InChI=1S/C10H17FN4/c1-7-9(11)10(12-2)14-8(13-7)5-6-15(3)4/h5-6H2,1-4H3,(H,12,13,14). The van der Waals surface area contributed by atoms with Crippen molar-refractivity contribution in [3.63, 3.8) is 0 Å². The highest BCUT2D eigenvalue weighted by atomic mass is 19.1. The van der Waals surface area contributed by atoms with Crippen molar-refractivity contribution in [1.82, 2.24) is 14.9 Å². The SMILES string of the molecule is CNc1nc(CCN(C)C)nc(C)c1F. The van der Waals surface area contributed by atoms with Gasteiger partial charge in [0, 0.05) is 20.0 Å². The van der Waals surface area contributed by atoms with Gasteiger partial charge in [-0.1, -0.05) is 0 Å². The van der Waals surface area contributed by atoms with Gasteiger partial charge in [0.2, 0.25) is 0 Å². The highest BCUT2D eigenvalue weighted by Crippen LogP contribution is 2.13. The van der Waals surface area contributed by atoms with Gasteiger partial charge < -0.3 is 10.2 Å². The molecule has 84 valence electrons. The Balaban J connectivity index is 2.86. The van der Waals surface area contributed by atoms with Crippen LogP contribution in [0.3, 0.4) is 0 Å². The third-order valence-electron chi connectivity index (χ3n) is 2.08. The Bertz CT molecular complexity index is 338. The average molecular weight is 212 g/mol. The number of nitrogens with zero attached hydrogens (tertiary/aromatic N) is 3. The Hall–Kier alpha value is -1.23. The molecule has 4 nitrogen and oxygen atoms in total. The van der Waals surface area contributed by atoms with Gasteiger partial charge in [-0.05, 0) is 21.0 Å². The Labute approximate surface area is 89.5 Å². The smallest absolute Gasteiger partial charge is 0.186 e. The first-order chi connectivity index (χ1) is 7.04. The number of aromatic nitrogens is 2. The van der Waals surface area contributed by atoms with Gasteiger partial charge in [0.1, 0.15) is 5.82 Å². The molecule has 1 rings (SSSR count). The minimum Gasteiger partial charge on any atom is -0.371 e. The minimum atomic E-state index is -0.369. The third kappa shape index (κ3) is 3.13. The molecule has 0 bridgehead atoms. The van der Waals surface area contributed by atoms with Gasteiger partial charge in [0.15, 0.2) is 11.6 Å². The van der Waals surface area contributed by atoms with E-state index >= 15 is 0 Å². The first-order valence-corrected chi connectivity index (χ1v) is 4.90. The molecular formula is C10H17FN4. The predicted octanol–water partition coefficient (Wildman–Crippen LogP) is 1.07. The molecule has 0 fully saturated rings. The highest BCUT2D eigenvalue weighted by molar-refractivity contribution is 5.37. The van der Waals surface area contributed by atoms with Crippen molar-refractivity contribution in [2.45, 2.75) is 13.3 Å². The molecule has 0 aliphatic rings. The van der Waals surface area contributed by atoms with Crippen LogP contribution in [0.25, 0.3) is 0 Å². The third-order valence-corrected chi connectivity index (χ3v) is 2.08. The van der Waals surface area contributed by atoms with Crippen LogP contribution in [0, 0.1) is 12.7 Å². The second kappa shape index (κ2) is 5.02. The molecule has 0 amide bonds. The van der Waals surface area contributed by atoms with Crippen molar-refractivity contribution in [3.05, 3.63) is 17.3 Å². The number of hydrogen-bond donors (Lipinski definition) is 1. The van der Waals surface area contributed by atoms with E-state index in [9.17, 15) is 4.39 Å². The van der Waals surface area contributed by atoms with E-state index < -0.39 is 0 Å². The van der Waals surface area contributed by atoms with E-state index in [-0.39, 0.29) is 11.6 Å². The number of likely N-dealkylation sites (N-methyl/N-ethyl adjacent to an activating group) is 1. The number of anilines is 1. The fraction of sp³-hybridized carbons (Fsp3) is 0.600. The topological polar surface area (TPSA) is 41.1 Å². The molecule has 0 aromatic carbocycles. The van der Waals surface area contributed by atoms with Crippen LogP contribution in [-0.2, 0) is 6.42 Å². The average Bonchev–Trinajstić information content (AvgIpc) is 2.19. The van der Waals surface area contributed by atoms with Crippen LogP contribution in [-0.4, -0.2) is 42.6 Å². The summed E-state index contributed by atoms with van der Waals surface area (Å²) < 4.78 is 13.4. The molecule has 0 spiro atoms. The van der Waals surface area contributed by atoms with Gasteiger partial charge in [-0.2, -0.15) is 0 Å². The molecule has 15 heavy (non-hydrogen) atoms. The number of hydrogen-bond acceptors (Lipinski definition) is 4. The van der Waals surface area contributed by atoms with Gasteiger partial charge >= 0.3 is 0 Å². The lowest BCUT2D eigenvalue weighted by molar-refractivity contribution is 0.409. The Kier molecular flexibility index (Phi) is 3.96. The normalized spacial score (nSPS) is 10.8. The molecule has 0 unspecified atom stereocenters. The molecule has 0 radical (unpaired) electrons. The molecular weight excluding hydrogens is 195 g/mol. The molecule has 1 heterocycles. The molecule has 0 atom stereocenters. The number of rotatable bonds is 4. The van der Waals surface area contributed by atoms with Crippen molar-refractivity contribution in [1.29, 1.82) is 0 Å². The Morgan fingerprint density at radius 1 is 1.33 bits per heavy atom. The zero-order valence-corrected chi connectivity index (χ0v) is 9.63. The van der Waals surface area contributed by atoms with E-state index in [1.165, 1.54) is 0 Å². The van der Waals surface area contributed by atoms with Crippen LogP contribution >= 0.6 is 0 Å². The maximum atomic E-state index is 13.4. The molecule has 0 aliphatic heterocycles. The lowest BCUT2D eigenvalue weighted by atomic mass is 10.3. The van der Waals surface area contributed by atoms with Crippen LogP contribution in [0.5, 0.6) is 0 Å². The van der Waals surface area contributed by atoms with Gasteiger partial charge in [0.25, 0.3) is 0 Å². The van der Waals surface area contributed by atoms with Gasteiger partial charge in [0.05, 0.1) is 5.69 Å². The maximum Gasteiger partial charge on any atom is 0.186 e. The van der Waals surface area contributed by atoms with Crippen LogP contribution in [0.1, 0.15) is 11.5 Å². The predicted molar refractivity (Wildman–Crippen MR) is 58.5 cm³/mol. The van der Waals surface area contributed by atoms with Gasteiger partial charge in [-0.3, -0.25) is 0 Å². The van der Waals surface area contributed by atoms with Gasteiger partial charge in [-0.25, -0.2) is 14.4 Å². The first kappa shape index (κ1) is 11.8. The number of aryl methyl sites for hydroxylation is 1. The van der Waals surface area contributed by atoms with E-state index in [2.05, 4.69) is 15.3 Å². The number of nitrogens with one attached hydrogen (secondary N) is 1. The lowest BCUT2D eigenvalue weighted by Crippen LogP contribution is -2.17. The summed E-state index contributed by atoms with van der Waals surface area (Å²) in [6, 6.07) is 0. The minimum absolute atomic E-state index is 0.274. The first-order valence-electron chi connectivity index (χ1n) is 4.90. The Morgan fingerprint density at radius 2 is 2.00 bits per heavy atom. The van der Waals surface area contributed by atoms with Crippen molar-refractivity contribution >= 4 is 5.82 Å². The fourth-order valence-electron chi connectivity index (χ4n) is 1.22. The molecule has 0 saturated carbocycles. The second-order valence-electron chi connectivity index (χ2n) is 3.69. The number of halogens is 1. The van der Waals surface area contributed by atoms with Crippen molar-refractivity contribution in [3.8, 4) is 0 Å². The van der Waals surface area contributed by atoms with Crippen molar-refractivity contribution < 1.29 is 4.39 Å². The summed E-state index contributed by atoms with van der Waals surface area (Å²) in [6.45, 7) is 2.51. The van der Waals surface area contributed by atoms with E-state index in [4.69, 9.17) is 0 Å². The van der Waals surface area contributed by atoms with Crippen LogP contribution in [0.4, 0.5) is 10.2 Å². The molecule has 0 saturated heterocycles. The van der Waals surface area contributed by atoms with Crippen molar-refractivity contribution in [2.24, 2.45) is 0 Å².